The predicted octanol–water partition coefficient (Wildman–Crippen LogP) is 1.32. The molecule has 0 saturated carbocycles. The molecule has 1 amide bonds. The average molecular weight is 276 g/mol. The molecule has 19 heavy (non-hydrogen) atoms. The summed E-state index contributed by atoms with van der Waals surface area (Å²) < 4.78 is 4.87. The second-order valence-corrected chi connectivity index (χ2v) is 4.73. The number of carbonyl (C=O) groups is 1. The van der Waals surface area contributed by atoms with Crippen molar-refractivity contribution in [3.63, 3.8) is 0 Å². The Labute approximate surface area is 114 Å². The highest BCUT2D eigenvalue weighted by Crippen LogP contribution is 2.15. The van der Waals surface area contributed by atoms with Crippen molar-refractivity contribution in [3.05, 3.63) is 39.4 Å². The SMILES string of the molecule is Cc1cc(C(=O)NCc2sccc2C#CCO)on1. The fourth-order valence-corrected chi connectivity index (χ4v) is 2.21. The van der Waals surface area contributed by atoms with E-state index in [1.54, 1.807) is 13.0 Å². The summed E-state index contributed by atoms with van der Waals surface area (Å²) in [6.07, 6.45) is 0. The van der Waals surface area contributed by atoms with Gasteiger partial charge in [-0.3, -0.25) is 4.79 Å². The minimum absolute atomic E-state index is 0.182. The lowest BCUT2D eigenvalue weighted by Crippen LogP contribution is -2.22. The summed E-state index contributed by atoms with van der Waals surface area (Å²) in [6.45, 7) is 1.94. The summed E-state index contributed by atoms with van der Waals surface area (Å²) >= 11 is 1.50. The number of aliphatic hydroxyl groups excluding tert-OH is 1. The van der Waals surface area contributed by atoms with E-state index in [0.29, 0.717) is 12.2 Å². The zero-order chi connectivity index (χ0) is 13.7. The molecule has 2 aromatic heterocycles. The van der Waals surface area contributed by atoms with Crippen molar-refractivity contribution in [3.8, 4) is 11.8 Å². The van der Waals surface area contributed by atoms with Gasteiger partial charge < -0.3 is 14.9 Å². The number of aryl methyl sites for hydroxylation is 1. The summed E-state index contributed by atoms with van der Waals surface area (Å²) in [7, 11) is 0. The highest BCUT2D eigenvalue weighted by atomic mass is 32.1. The first-order valence-corrected chi connectivity index (χ1v) is 6.46. The van der Waals surface area contributed by atoms with Crippen LogP contribution in [-0.2, 0) is 6.54 Å². The van der Waals surface area contributed by atoms with Gasteiger partial charge in [0.25, 0.3) is 5.91 Å². The Bertz CT molecular complexity index is 634. The topological polar surface area (TPSA) is 75.4 Å². The third-order valence-corrected chi connectivity index (χ3v) is 3.23. The van der Waals surface area contributed by atoms with E-state index in [1.165, 1.54) is 11.3 Å². The molecule has 0 saturated heterocycles. The van der Waals surface area contributed by atoms with Crippen LogP contribution in [0.5, 0.6) is 0 Å². The average Bonchev–Trinajstić information content (AvgIpc) is 3.02. The Morgan fingerprint density at radius 1 is 1.63 bits per heavy atom. The van der Waals surface area contributed by atoms with Gasteiger partial charge in [-0.05, 0) is 18.4 Å². The van der Waals surface area contributed by atoms with Gasteiger partial charge in [0.05, 0.1) is 12.2 Å². The van der Waals surface area contributed by atoms with Crippen molar-refractivity contribution in [2.75, 3.05) is 6.61 Å². The van der Waals surface area contributed by atoms with Crippen LogP contribution in [0.1, 0.15) is 26.7 Å². The fraction of sp³-hybridized carbons (Fsp3) is 0.231. The van der Waals surface area contributed by atoms with E-state index in [-0.39, 0.29) is 18.3 Å². The van der Waals surface area contributed by atoms with Gasteiger partial charge in [0.2, 0.25) is 5.76 Å². The number of aromatic nitrogens is 1. The highest BCUT2D eigenvalue weighted by molar-refractivity contribution is 7.10. The van der Waals surface area contributed by atoms with Crippen molar-refractivity contribution in [1.29, 1.82) is 0 Å². The molecule has 2 aromatic rings. The molecule has 0 aliphatic rings. The van der Waals surface area contributed by atoms with Gasteiger partial charge in [-0.15, -0.1) is 11.3 Å². The van der Waals surface area contributed by atoms with Crippen LogP contribution in [0.2, 0.25) is 0 Å². The molecule has 0 unspecified atom stereocenters. The number of hydrogen-bond acceptors (Lipinski definition) is 5. The number of amides is 1. The number of nitrogens with one attached hydrogen (secondary N) is 1. The van der Waals surface area contributed by atoms with Crippen LogP contribution in [0.25, 0.3) is 0 Å². The van der Waals surface area contributed by atoms with Crippen LogP contribution in [-0.4, -0.2) is 22.8 Å². The zero-order valence-corrected chi connectivity index (χ0v) is 11.1. The molecular weight excluding hydrogens is 264 g/mol. The van der Waals surface area contributed by atoms with Gasteiger partial charge in [0.1, 0.15) is 6.61 Å². The Balaban J connectivity index is 1.99. The van der Waals surface area contributed by atoms with Crippen LogP contribution >= 0.6 is 11.3 Å². The first kappa shape index (κ1) is 13.3. The van der Waals surface area contributed by atoms with Crippen molar-refractivity contribution in [1.82, 2.24) is 10.5 Å². The van der Waals surface area contributed by atoms with E-state index in [4.69, 9.17) is 9.63 Å². The molecule has 2 rings (SSSR count). The van der Waals surface area contributed by atoms with E-state index < -0.39 is 0 Å². The summed E-state index contributed by atoms with van der Waals surface area (Å²) in [5, 5.41) is 17.0. The van der Waals surface area contributed by atoms with Gasteiger partial charge in [0, 0.05) is 16.5 Å². The highest BCUT2D eigenvalue weighted by Gasteiger charge is 2.12. The normalized spacial score (nSPS) is 9.79. The molecule has 0 fully saturated rings. The van der Waals surface area contributed by atoms with E-state index >= 15 is 0 Å². The number of rotatable bonds is 3. The minimum atomic E-state index is -0.310. The van der Waals surface area contributed by atoms with E-state index in [1.807, 2.05) is 11.4 Å². The van der Waals surface area contributed by atoms with Gasteiger partial charge >= 0.3 is 0 Å². The molecule has 0 aliphatic carbocycles. The quantitative estimate of drug-likeness (QED) is 0.829. The number of aliphatic hydroxyl groups is 1. The Hall–Kier alpha value is -2.10. The molecule has 0 atom stereocenters. The maximum Gasteiger partial charge on any atom is 0.290 e. The maximum atomic E-state index is 11.8. The Kier molecular flexibility index (Phi) is 4.34. The first-order valence-electron chi connectivity index (χ1n) is 5.58. The molecule has 2 N–H and O–H groups in total. The van der Waals surface area contributed by atoms with Crippen molar-refractivity contribution >= 4 is 17.2 Å². The Morgan fingerprint density at radius 2 is 2.47 bits per heavy atom. The number of carbonyl (C=O) groups excluding carboxylic acids is 1. The molecule has 0 spiro atoms. The summed E-state index contributed by atoms with van der Waals surface area (Å²) in [6, 6.07) is 3.43. The molecule has 6 heteroatoms. The molecular formula is C13H12N2O3S. The van der Waals surface area contributed by atoms with Gasteiger partial charge in [-0.25, -0.2) is 0 Å². The van der Waals surface area contributed by atoms with Crippen molar-refractivity contribution < 1.29 is 14.4 Å². The van der Waals surface area contributed by atoms with Crippen LogP contribution in [0.15, 0.2) is 22.0 Å². The van der Waals surface area contributed by atoms with Crippen LogP contribution < -0.4 is 5.32 Å². The summed E-state index contributed by atoms with van der Waals surface area (Å²) in [5.41, 5.74) is 1.48. The molecule has 2 heterocycles. The maximum absolute atomic E-state index is 11.8. The van der Waals surface area contributed by atoms with Crippen LogP contribution in [0.4, 0.5) is 0 Å². The Morgan fingerprint density at radius 3 is 3.16 bits per heavy atom. The van der Waals surface area contributed by atoms with Gasteiger partial charge in [0.15, 0.2) is 0 Å². The zero-order valence-electron chi connectivity index (χ0n) is 10.3. The lowest BCUT2D eigenvalue weighted by atomic mass is 10.2. The smallest absolute Gasteiger partial charge is 0.290 e. The lowest BCUT2D eigenvalue weighted by molar-refractivity contribution is 0.0914. The van der Waals surface area contributed by atoms with Gasteiger partial charge in [-0.2, -0.15) is 0 Å². The van der Waals surface area contributed by atoms with Crippen LogP contribution in [0.3, 0.4) is 0 Å². The predicted molar refractivity (Wildman–Crippen MR) is 70.7 cm³/mol. The standard InChI is InChI=1S/C13H12N2O3S/c1-9-7-11(18-15-9)13(17)14-8-12-10(3-2-5-16)4-6-19-12/h4,6-7,16H,5,8H2,1H3,(H,14,17). The second kappa shape index (κ2) is 6.18. The number of hydrogen-bond donors (Lipinski definition) is 2. The van der Waals surface area contributed by atoms with E-state index in [9.17, 15) is 4.79 Å². The summed E-state index contributed by atoms with van der Waals surface area (Å²) in [4.78, 5) is 12.7. The second-order valence-electron chi connectivity index (χ2n) is 3.73. The van der Waals surface area contributed by atoms with Gasteiger partial charge in [-0.1, -0.05) is 17.0 Å². The monoisotopic (exact) mass is 276 g/mol. The first-order chi connectivity index (χ1) is 9.20. The third-order valence-electron chi connectivity index (χ3n) is 2.31. The number of thiophene rings is 1. The molecule has 0 radical (unpaired) electrons. The van der Waals surface area contributed by atoms with E-state index in [2.05, 4.69) is 22.3 Å². The molecule has 98 valence electrons. The lowest BCUT2D eigenvalue weighted by Gasteiger charge is -2.01. The van der Waals surface area contributed by atoms with Crippen molar-refractivity contribution in [2.45, 2.75) is 13.5 Å². The molecule has 5 nitrogen and oxygen atoms in total. The largest absolute Gasteiger partial charge is 0.384 e. The van der Waals surface area contributed by atoms with Crippen LogP contribution in [0, 0.1) is 18.8 Å². The third kappa shape index (κ3) is 3.44. The van der Waals surface area contributed by atoms with E-state index in [0.717, 1.165) is 10.4 Å². The number of nitrogens with zero attached hydrogens (tertiary/aromatic N) is 1. The summed E-state index contributed by atoms with van der Waals surface area (Å²) in [5.74, 6) is 5.30. The fourth-order valence-electron chi connectivity index (χ4n) is 1.44. The minimum Gasteiger partial charge on any atom is -0.384 e. The van der Waals surface area contributed by atoms with Crippen molar-refractivity contribution in [2.24, 2.45) is 0 Å². The molecule has 0 aromatic carbocycles. The molecule has 0 aliphatic heterocycles. The molecule has 0 bridgehead atoms.